The lowest BCUT2D eigenvalue weighted by atomic mass is 9.71. The molecule has 0 aliphatic heterocycles. The number of nitrogens with one attached hydrogen (secondary N) is 1. The molecule has 0 saturated carbocycles. The van der Waals surface area contributed by atoms with Crippen LogP contribution in [0.2, 0.25) is 0 Å². The third-order valence-corrected chi connectivity index (χ3v) is 4.27. The number of rotatable bonds is 9. The Kier molecular flexibility index (Phi) is 7.01. The van der Waals surface area contributed by atoms with E-state index in [0.717, 1.165) is 30.5 Å². The lowest BCUT2D eigenvalue weighted by Gasteiger charge is -2.32. The molecule has 0 atom stereocenters. The maximum atomic E-state index is 13.2. The van der Waals surface area contributed by atoms with Crippen LogP contribution in [0.25, 0.3) is 0 Å². The molecule has 2 aromatic rings. The van der Waals surface area contributed by atoms with Crippen molar-refractivity contribution < 1.29 is 9.53 Å². The van der Waals surface area contributed by atoms with Gasteiger partial charge in [-0.1, -0.05) is 80.9 Å². The van der Waals surface area contributed by atoms with Gasteiger partial charge in [0.2, 0.25) is 0 Å². The van der Waals surface area contributed by atoms with Crippen LogP contribution in [-0.4, -0.2) is 25.7 Å². The number of hydrogen-bond donors (Lipinski definition) is 1. The number of esters is 1. The van der Waals surface area contributed by atoms with Gasteiger partial charge in [-0.2, -0.15) is 0 Å². The Balaban J connectivity index is 2.41. The molecule has 0 aliphatic carbocycles. The lowest BCUT2D eigenvalue weighted by molar-refractivity contribution is -0.149. The average molecular weight is 325 g/mol. The second-order valence-electron chi connectivity index (χ2n) is 5.88. The molecule has 0 amide bonds. The first-order valence-electron chi connectivity index (χ1n) is 8.74. The number of benzene rings is 2. The van der Waals surface area contributed by atoms with Crippen LogP contribution in [0.5, 0.6) is 0 Å². The molecule has 24 heavy (non-hydrogen) atoms. The Morgan fingerprint density at radius 2 is 1.50 bits per heavy atom. The molecule has 0 heterocycles. The second-order valence-corrected chi connectivity index (χ2v) is 5.88. The van der Waals surface area contributed by atoms with Crippen molar-refractivity contribution >= 4 is 5.97 Å². The van der Waals surface area contributed by atoms with Crippen LogP contribution in [0.3, 0.4) is 0 Å². The normalized spacial score (nSPS) is 11.2. The van der Waals surface area contributed by atoms with Crippen LogP contribution in [0.1, 0.15) is 37.8 Å². The minimum absolute atomic E-state index is 0.167. The number of carbonyl (C=O) groups excluding carboxylic acids is 1. The summed E-state index contributed by atoms with van der Waals surface area (Å²) in [6, 6.07) is 20.0. The maximum absolute atomic E-state index is 13.2. The highest BCUT2D eigenvalue weighted by Crippen LogP contribution is 2.38. The second kappa shape index (κ2) is 9.24. The SMILES string of the molecule is CCCC(C(=O)OCCNCC)(c1ccccc1)c1ccccc1. The molecule has 0 spiro atoms. The summed E-state index contributed by atoms with van der Waals surface area (Å²) in [5.41, 5.74) is 1.24. The smallest absolute Gasteiger partial charge is 0.321 e. The van der Waals surface area contributed by atoms with E-state index in [2.05, 4.69) is 12.2 Å². The van der Waals surface area contributed by atoms with E-state index in [1.807, 2.05) is 67.6 Å². The monoisotopic (exact) mass is 325 g/mol. The Morgan fingerprint density at radius 3 is 1.96 bits per heavy atom. The molecular weight excluding hydrogens is 298 g/mol. The third kappa shape index (κ3) is 4.04. The van der Waals surface area contributed by atoms with Gasteiger partial charge in [0, 0.05) is 6.54 Å². The van der Waals surface area contributed by atoms with E-state index in [1.165, 1.54) is 0 Å². The molecule has 0 bridgehead atoms. The molecule has 1 N–H and O–H groups in total. The fourth-order valence-corrected chi connectivity index (χ4v) is 3.13. The molecule has 0 unspecified atom stereocenters. The molecule has 0 fully saturated rings. The van der Waals surface area contributed by atoms with Gasteiger partial charge in [-0.3, -0.25) is 4.79 Å². The topological polar surface area (TPSA) is 38.3 Å². The zero-order valence-corrected chi connectivity index (χ0v) is 14.6. The summed E-state index contributed by atoms with van der Waals surface area (Å²) in [4.78, 5) is 13.2. The minimum atomic E-state index is -0.747. The van der Waals surface area contributed by atoms with Gasteiger partial charge in [0.25, 0.3) is 0 Å². The molecular formula is C21H27NO2. The molecule has 3 heteroatoms. The molecule has 128 valence electrons. The van der Waals surface area contributed by atoms with Gasteiger partial charge in [0.1, 0.15) is 12.0 Å². The molecule has 3 nitrogen and oxygen atoms in total. The highest BCUT2D eigenvalue weighted by molar-refractivity contribution is 5.87. The van der Waals surface area contributed by atoms with Crippen molar-refractivity contribution in [2.75, 3.05) is 19.7 Å². The lowest BCUT2D eigenvalue weighted by Crippen LogP contribution is -2.39. The Labute approximate surface area is 145 Å². The van der Waals surface area contributed by atoms with Gasteiger partial charge in [0.05, 0.1) is 0 Å². The van der Waals surface area contributed by atoms with E-state index in [9.17, 15) is 4.79 Å². The van der Waals surface area contributed by atoms with Crippen molar-refractivity contribution in [3.63, 3.8) is 0 Å². The van der Waals surface area contributed by atoms with Gasteiger partial charge >= 0.3 is 5.97 Å². The van der Waals surface area contributed by atoms with Crippen molar-refractivity contribution in [3.8, 4) is 0 Å². The predicted octanol–water partition coefficient (Wildman–Crippen LogP) is 3.93. The summed E-state index contributed by atoms with van der Waals surface area (Å²) >= 11 is 0. The van der Waals surface area contributed by atoms with Crippen LogP contribution in [0.4, 0.5) is 0 Å². The van der Waals surface area contributed by atoms with Gasteiger partial charge < -0.3 is 10.1 Å². The number of likely N-dealkylation sites (N-methyl/N-ethyl adjacent to an activating group) is 1. The summed E-state index contributed by atoms with van der Waals surface area (Å²) < 4.78 is 5.67. The maximum Gasteiger partial charge on any atom is 0.321 e. The first-order chi connectivity index (χ1) is 11.8. The highest BCUT2D eigenvalue weighted by atomic mass is 16.5. The van der Waals surface area contributed by atoms with Crippen LogP contribution < -0.4 is 5.32 Å². The average Bonchev–Trinajstić information content (AvgIpc) is 2.64. The minimum Gasteiger partial charge on any atom is -0.463 e. The Morgan fingerprint density at radius 1 is 0.958 bits per heavy atom. The summed E-state index contributed by atoms with van der Waals surface area (Å²) in [5.74, 6) is -0.167. The third-order valence-electron chi connectivity index (χ3n) is 4.27. The molecule has 0 aliphatic rings. The standard InChI is InChI=1S/C21H27NO2/c1-3-15-21(18-11-7-5-8-12-18,19-13-9-6-10-14-19)20(23)24-17-16-22-4-2/h5-14,22H,3-4,15-17H2,1-2H3. The number of hydrogen-bond acceptors (Lipinski definition) is 3. The van der Waals surface area contributed by atoms with Gasteiger partial charge in [-0.15, -0.1) is 0 Å². The number of ether oxygens (including phenoxy) is 1. The van der Waals surface area contributed by atoms with Crippen LogP contribution in [-0.2, 0) is 14.9 Å². The summed E-state index contributed by atoms with van der Waals surface area (Å²) in [5, 5.41) is 3.19. The van der Waals surface area contributed by atoms with Gasteiger partial charge in [-0.25, -0.2) is 0 Å². The van der Waals surface area contributed by atoms with E-state index in [0.29, 0.717) is 13.2 Å². The van der Waals surface area contributed by atoms with Crippen LogP contribution in [0.15, 0.2) is 60.7 Å². The van der Waals surface area contributed by atoms with E-state index < -0.39 is 5.41 Å². The first kappa shape index (κ1) is 18.2. The molecule has 2 aromatic carbocycles. The van der Waals surface area contributed by atoms with Crippen molar-refractivity contribution in [2.24, 2.45) is 0 Å². The zero-order chi connectivity index (χ0) is 17.3. The van der Waals surface area contributed by atoms with E-state index in [4.69, 9.17) is 4.74 Å². The Hall–Kier alpha value is -2.13. The van der Waals surface area contributed by atoms with Crippen molar-refractivity contribution in [1.29, 1.82) is 0 Å². The first-order valence-corrected chi connectivity index (χ1v) is 8.74. The van der Waals surface area contributed by atoms with Crippen LogP contribution >= 0.6 is 0 Å². The molecule has 0 radical (unpaired) electrons. The van der Waals surface area contributed by atoms with Crippen molar-refractivity contribution in [2.45, 2.75) is 32.1 Å². The van der Waals surface area contributed by atoms with Crippen molar-refractivity contribution in [1.82, 2.24) is 5.32 Å². The quantitative estimate of drug-likeness (QED) is 0.561. The largest absolute Gasteiger partial charge is 0.463 e. The Bertz CT molecular complexity index is 571. The summed E-state index contributed by atoms with van der Waals surface area (Å²) in [7, 11) is 0. The summed E-state index contributed by atoms with van der Waals surface area (Å²) in [6.45, 7) is 6.07. The molecule has 0 aromatic heterocycles. The number of carbonyl (C=O) groups is 1. The van der Waals surface area contributed by atoms with E-state index >= 15 is 0 Å². The molecule has 2 rings (SSSR count). The van der Waals surface area contributed by atoms with Gasteiger partial charge in [0.15, 0.2) is 0 Å². The van der Waals surface area contributed by atoms with E-state index in [1.54, 1.807) is 0 Å². The summed E-state index contributed by atoms with van der Waals surface area (Å²) in [6.07, 6.45) is 1.62. The zero-order valence-electron chi connectivity index (χ0n) is 14.6. The van der Waals surface area contributed by atoms with Crippen molar-refractivity contribution in [3.05, 3.63) is 71.8 Å². The highest BCUT2D eigenvalue weighted by Gasteiger charge is 2.42. The van der Waals surface area contributed by atoms with E-state index in [-0.39, 0.29) is 5.97 Å². The fourth-order valence-electron chi connectivity index (χ4n) is 3.13. The fraction of sp³-hybridized carbons (Fsp3) is 0.381. The molecule has 0 saturated heterocycles. The van der Waals surface area contributed by atoms with Gasteiger partial charge in [-0.05, 0) is 24.1 Å². The predicted molar refractivity (Wildman–Crippen MR) is 98.1 cm³/mol. The van der Waals surface area contributed by atoms with Crippen LogP contribution in [0, 0.1) is 0 Å².